The highest BCUT2D eigenvalue weighted by Crippen LogP contribution is 2.40. The Kier molecular flexibility index (Phi) is 7.12. The van der Waals surface area contributed by atoms with Gasteiger partial charge >= 0.3 is 6.18 Å². The molecule has 0 spiro atoms. The van der Waals surface area contributed by atoms with Gasteiger partial charge in [0.1, 0.15) is 17.5 Å². The van der Waals surface area contributed by atoms with Crippen LogP contribution in [0.1, 0.15) is 43.5 Å². The third-order valence-electron chi connectivity index (χ3n) is 6.94. The van der Waals surface area contributed by atoms with Crippen LogP contribution in [0.3, 0.4) is 0 Å². The average Bonchev–Trinajstić information content (AvgIpc) is 3.54. The quantitative estimate of drug-likeness (QED) is 0.496. The summed E-state index contributed by atoms with van der Waals surface area (Å²) in [6.07, 6.45) is 1.90. The van der Waals surface area contributed by atoms with Crippen LogP contribution in [0.25, 0.3) is 22.3 Å². The van der Waals surface area contributed by atoms with Gasteiger partial charge in [-0.2, -0.15) is 18.4 Å². The van der Waals surface area contributed by atoms with E-state index in [1.165, 1.54) is 6.07 Å². The summed E-state index contributed by atoms with van der Waals surface area (Å²) in [4.78, 5) is 8.62. The molecule has 0 radical (unpaired) electrons. The highest BCUT2D eigenvalue weighted by atomic mass is 19.4. The van der Waals surface area contributed by atoms with E-state index in [0.29, 0.717) is 30.1 Å². The van der Waals surface area contributed by atoms with E-state index in [0.717, 1.165) is 51.3 Å². The maximum Gasteiger partial charge on any atom is 0.419 e. The van der Waals surface area contributed by atoms with Crippen molar-refractivity contribution in [1.29, 1.82) is 5.26 Å². The lowest BCUT2D eigenvalue weighted by molar-refractivity contribution is -0.138. The van der Waals surface area contributed by atoms with Gasteiger partial charge in [-0.3, -0.25) is 0 Å². The van der Waals surface area contributed by atoms with Crippen LogP contribution in [0.2, 0.25) is 0 Å². The Balaban J connectivity index is 1.45. The molecule has 2 saturated heterocycles. The van der Waals surface area contributed by atoms with Crippen LogP contribution in [-0.2, 0) is 17.5 Å². The van der Waals surface area contributed by atoms with Crippen LogP contribution in [0.4, 0.5) is 13.2 Å². The smallest absolute Gasteiger partial charge is 0.419 e. The summed E-state index contributed by atoms with van der Waals surface area (Å²) in [5.41, 5.74) is 0.193. The predicted octanol–water partition coefficient (Wildman–Crippen LogP) is 4.94. The topological polar surface area (TPSA) is 85.0 Å². The number of ether oxygens (including phenoxy) is 2. The number of fused-ring (bicyclic) bond motifs is 1. The molecule has 190 valence electrons. The second kappa shape index (κ2) is 10.4. The molecular weight excluding hydrogens is 471 g/mol. The minimum atomic E-state index is -4.60. The second-order valence-electron chi connectivity index (χ2n) is 9.39. The van der Waals surface area contributed by atoms with Gasteiger partial charge in [-0.25, -0.2) is 9.97 Å². The highest BCUT2D eigenvalue weighted by Gasteiger charge is 2.35. The summed E-state index contributed by atoms with van der Waals surface area (Å²) < 4.78 is 55.3. The van der Waals surface area contributed by atoms with Crippen LogP contribution >= 0.6 is 0 Å². The molecule has 0 amide bonds. The average molecular weight is 500 g/mol. The summed E-state index contributed by atoms with van der Waals surface area (Å²) in [7, 11) is 0. The van der Waals surface area contributed by atoms with E-state index >= 15 is 0 Å². The van der Waals surface area contributed by atoms with E-state index in [9.17, 15) is 18.4 Å². The fraction of sp³-hybridized carbons (Fsp3) is 0.500. The first-order valence-electron chi connectivity index (χ1n) is 12.4. The van der Waals surface area contributed by atoms with Crippen LogP contribution in [0.15, 0.2) is 30.5 Å². The van der Waals surface area contributed by atoms with Crippen molar-refractivity contribution < 1.29 is 22.6 Å². The Hall–Kier alpha value is -3.16. The van der Waals surface area contributed by atoms with Crippen LogP contribution in [0, 0.1) is 17.2 Å². The van der Waals surface area contributed by atoms with Gasteiger partial charge in [0.05, 0.1) is 30.5 Å². The monoisotopic (exact) mass is 499 g/mol. The number of hydrogen-bond donors (Lipinski definition) is 1. The third kappa shape index (κ3) is 5.32. The zero-order chi connectivity index (χ0) is 25.1. The minimum absolute atomic E-state index is 0.0442. The van der Waals surface area contributed by atoms with Crippen molar-refractivity contribution in [2.24, 2.45) is 5.92 Å². The summed E-state index contributed by atoms with van der Waals surface area (Å²) in [6, 6.07) is 7.68. The molecule has 1 atom stereocenters. The number of hydrogen-bond acceptors (Lipinski definition) is 6. The van der Waals surface area contributed by atoms with E-state index in [-0.39, 0.29) is 35.5 Å². The zero-order valence-corrected chi connectivity index (χ0v) is 19.9. The van der Waals surface area contributed by atoms with Crippen molar-refractivity contribution in [2.75, 3.05) is 26.3 Å². The number of benzene rings is 1. The summed E-state index contributed by atoms with van der Waals surface area (Å²) >= 11 is 0. The molecule has 2 aromatic heterocycles. The van der Waals surface area contributed by atoms with Gasteiger partial charge in [0, 0.05) is 23.8 Å². The van der Waals surface area contributed by atoms with Gasteiger partial charge in [-0.15, -0.1) is 0 Å². The normalized spacial score (nSPS) is 19.0. The van der Waals surface area contributed by atoms with E-state index < -0.39 is 11.7 Å². The number of aromatic nitrogens is 3. The molecule has 7 nitrogen and oxygen atoms in total. The first-order chi connectivity index (χ1) is 17.4. The Labute approximate surface area is 207 Å². The predicted molar refractivity (Wildman–Crippen MR) is 127 cm³/mol. The Morgan fingerprint density at radius 3 is 2.72 bits per heavy atom. The van der Waals surface area contributed by atoms with Crippen molar-refractivity contribution in [3.05, 3.63) is 41.9 Å². The number of nitrogens with zero attached hydrogens (tertiary/aromatic N) is 4. The largest absolute Gasteiger partial charge is 0.493 e. The molecule has 1 N–H and O–H groups in total. The molecule has 5 rings (SSSR count). The molecule has 1 aromatic carbocycles. The zero-order valence-electron chi connectivity index (χ0n) is 19.9. The van der Waals surface area contributed by atoms with Crippen molar-refractivity contribution in [3.8, 4) is 23.1 Å². The van der Waals surface area contributed by atoms with Gasteiger partial charge in [0.2, 0.25) is 5.82 Å². The molecule has 2 aliphatic rings. The molecule has 10 heteroatoms. The Morgan fingerprint density at radius 2 is 2.00 bits per heavy atom. The number of nitriles is 1. The van der Waals surface area contributed by atoms with Gasteiger partial charge in [0.25, 0.3) is 0 Å². The maximum absolute atomic E-state index is 14.0. The standard InChI is InChI=1S/C26H28F3N5O2/c27-26(28,29)21-14-18(3-4-22(21)36-13-8-17-5-9-31-10-6-17)24-20-7-11-34(16-19-2-1-12-35-19)25(20)33-23(15-30)32-24/h3-4,7,11,14,17,19,31H,1-2,5-6,8-10,12-13,16H2. The lowest BCUT2D eigenvalue weighted by Gasteiger charge is -2.23. The SMILES string of the molecule is N#Cc1nc(-c2ccc(OCCC3CCNCC3)c(C(F)(F)F)c2)c2ccn(CC3CCCO3)c2n1. The maximum atomic E-state index is 14.0. The fourth-order valence-electron chi connectivity index (χ4n) is 5.02. The van der Waals surface area contributed by atoms with Crippen molar-refractivity contribution in [1.82, 2.24) is 19.9 Å². The minimum Gasteiger partial charge on any atom is -0.493 e. The summed E-state index contributed by atoms with van der Waals surface area (Å²) in [5.74, 6) is 0.167. The lowest BCUT2D eigenvalue weighted by atomic mass is 9.95. The molecule has 1 unspecified atom stereocenters. The van der Waals surface area contributed by atoms with Gasteiger partial charge in [0.15, 0.2) is 0 Å². The van der Waals surface area contributed by atoms with Crippen LogP contribution < -0.4 is 10.1 Å². The van der Waals surface area contributed by atoms with Crippen LogP contribution in [0.5, 0.6) is 5.75 Å². The number of halogens is 3. The fourth-order valence-corrected chi connectivity index (χ4v) is 5.02. The second-order valence-corrected chi connectivity index (χ2v) is 9.39. The van der Waals surface area contributed by atoms with Crippen LogP contribution in [-0.4, -0.2) is 46.9 Å². The molecule has 2 aliphatic heterocycles. The number of nitrogens with one attached hydrogen (secondary N) is 1. The number of alkyl halides is 3. The van der Waals surface area contributed by atoms with E-state index in [1.807, 2.05) is 16.8 Å². The molecule has 3 aromatic rings. The molecule has 36 heavy (non-hydrogen) atoms. The van der Waals surface area contributed by atoms with Crippen molar-refractivity contribution >= 4 is 11.0 Å². The van der Waals surface area contributed by atoms with Crippen molar-refractivity contribution in [2.45, 2.75) is 50.9 Å². The number of rotatable bonds is 7. The van der Waals surface area contributed by atoms with E-state index in [4.69, 9.17) is 9.47 Å². The Morgan fingerprint density at radius 1 is 1.17 bits per heavy atom. The van der Waals surface area contributed by atoms with E-state index in [2.05, 4.69) is 15.3 Å². The molecule has 4 heterocycles. The molecular formula is C26H28F3N5O2. The first-order valence-corrected chi connectivity index (χ1v) is 12.4. The summed E-state index contributed by atoms with van der Waals surface area (Å²) in [6.45, 7) is 3.36. The third-order valence-corrected chi connectivity index (χ3v) is 6.94. The van der Waals surface area contributed by atoms with Gasteiger partial charge < -0.3 is 19.4 Å². The van der Waals surface area contributed by atoms with Gasteiger partial charge in [-0.1, -0.05) is 0 Å². The molecule has 0 aliphatic carbocycles. The molecule has 0 bridgehead atoms. The van der Waals surface area contributed by atoms with E-state index in [1.54, 1.807) is 12.1 Å². The Bertz CT molecular complexity index is 1250. The molecule has 0 saturated carbocycles. The molecule has 2 fully saturated rings. The number of piperidine rings is 1. The van der Waals surface area contributed by atoms with Crippen molar-refractivity contribution in [3.63, 3.8) is 0 Å². The van der Waals surface area contributed by atoms with Gasteiger partial charge in [-0.05, 0) is 75.4 Å². The summed E-state index contributed by atoms with van der Waals surface area (Å²) in [5, 5.41) is 13.4. The highest BCUT2D eigenvalue weighted by molar-refractivity contribution is 5.91. The first kappa shape index (κ1) is 24.5. The lowest BCUT2D eigenvalue weighted by Crippen LogP contribution is -2.28.